The number of primary amides is 1. The monoisotopic (exact) mass is 1570 g/mol. The molecule has 14 atom stereocenters. The Bertz CT molecular complexity index is 3770. The van der Waals surface area contributed by atoms with Crippen molar-refractivity contribution in [2.45, 2.75) is 201 Å². The molecule has 2 aliphatic heterocycles. The van der Waals surface area contributed by atoms with Crippen LogP contribution in [0.5, 0.6) is 0 Å². The number of carbonyl (C=O) groups excluding carboxylic acids is 16. The highest BCUT2D eigenvalue weighted by molar-refractivity contribution is 7.47. The van der Waals surface area contributed by atoms with Gasteiger partial charge in [-0.2, -0.15) is 0 Å². The zero-order valence-corrected chi connectivity index (χ0v) is 65.5. The van der Waals surface area contributed by atoms with Gasteiger partial charge in [-0.05, 0) is 81.5 Å². The predicted octanol–water partition coefficient (Wildman–Crippen LogP) is 0.410. The largest absolute Gasteiger partial charge is 0.472 e. The van der Waals surface area contributed by atoms with E-state index in [1.54, 1.807) is 44.2 Å². The molecular formula is C72H104N13O24P. The molecule has 110 heavy (non-hydrogen) atoms. The number of methoxy groups -OCH3 is 1. The molecule has 1 fully saturated rings. The summed E-state index contributed by atoms with van der Waals surface area (Å²) < 4.78 is 48.6. The average molecular weight is 1570 g/mol. The fraction of sp³-hybridized carbons (Fsp3) is 0.556. The first-order valence-corrected chi connectivity index (χ1v) is 37.0. The van der Waals surface area contributed by atoms with Crippen molar-refractivity contribution in [3.8, 4) is 0 Å². The van der Waals surface area contributed by atoms with Crippen molar-refractivity contribution in [2.75, 3.05) is 46.7 Å². The maximum absolute atomic E-state index is 15.5. The van der Waals surface area contributed by atoms with Gasteiger partial charge in [0, 0.05) is 85.4 Å². The standard InChI is InChI=1S/C72H104N13O24P/c1-18-51(87)79-58(61(39(6)7)109-110(102,103)105-36-47-26-28-48(29-27-47)77-64(93)49(25-22-33-74-72(73)101)78-65(94)55(37(2)3)80-52(88)32-34-85-53(89)30-31-54(85)90)70(99)108-60(38(4)5)57-68(97)84(16)59(44(12)104-17)71(100)106-43(11)56(76-45(13)86)69(98)107-50(35-46-23-20-19-21-24-46)67(96)83(15)41(9)62(91)75-40(8)66(95)82(14)42(10)63(92)81-57/h19-21,23-24,26-31,37-40,42-44,49-50,55-61H,9,18,22,25,32-36H2,1-8,10-17H3,(H,75,91)(H,76,86)(H,77,93)(H,78,94)(H,79,87)(H,80,88)(H,81,92)(H,102,103)(H3,73,74,101)/t40-,42-,43+,44+,49-,50+,55-,56-,57-,58-,59-,60+,61+/m0/s1. The fourth-order valence-electron chi connectivity index (χ4n) is 11.2. The van der Waals surface area contributed by atoms with Crippen LogP contribution in [0.3, 0.4) is 0 Å². The quantitative estimate of drug-likeness (QED) is 0.0122. The van der Waals surface area contributed by atoms with Gasteiger partial charge in [0.2, 0.25) is 47.3 Å². The molecule has 0 aliphatic carbocycles. The molecule has 11 N–H and O–H groups in total. The highest BCUT2D eigenvalue weighted by Crippen LogP contribution is 2.47. The molecule has 14 amide bonds. The van der Waals surface area contributed by atoms with Crippen molar-refractivity contribution in [1.82, 2.24) is 56.8 Å². The number of rotatable bonds is 31. The number of nitrogens with two attached hydrogens (primary N) is 1. The number of imide groups is 1. The maximum atomic E-state index is 15.5. The SMILES string of the molecule is C=C1C(=O)N[C@@H](C)C(=O)N(C)[C@@H](C)C(=O)N[C@@H]([C@H](OC(=O)[C@@H](NC(=O)CC)[C@H](OP(=O)(O)OCc2ccc(NC(=O)[C@H](CCCNC(N)=O)NC(=O)[C@@H](NC(=O)CCN3C(=O)C=CC3=O)C(C)C)cc2)C(C)C)C(C)C)C(=O)N(C)[C@@H]([C@@H](C)OC)C(=O)O[C@H](C)[C@H](NC(C)=O)C(=O)O[C@H](Cc2ccccc2)C(=O)N1C. The van der Waals surface area contributed by atoms with E-state index in [1.165, 1.54) is 101 Å². The van der Waals surface area contributed by atoms with Gasteiger partial charge in [-0.1, -0.05) is 97.5 Å². The number of carbonyl (C=O) groups is 16. The Hall–Kier alpha value is -10.5. The fourth-order valence-corrected chi connectivity index (χ4v) is 12.3. The maximum Gasteiger partial charge on any atom is 0.472 e. The number of ether oxygens (including phenoxy) is 4. The zero-order valence-electron chi connectivity index (χ0n) is 64.6. The molecule has 38 heteroatoms. The van der Waals surface area contributed by atoms with E-state index in [0.29, 0.717) is 5.56 Å². The second-order valence-electron chi connectivity index (χ2n) is 27.4. The van der Waals surface area contributed by atoms with E-state index in [0.717, 1.165) is 52.8 Å². The van der Waals surface area contributed by atoms with Crippen molar-refractivity contribution in [3.63, 3.8) is 0 Å². The Balaban J connectivity index is 1.69. The van der Waals surface area contributed by atoms with Crippen LogP contribution in [0.2, 0.25) is 0 Å². The van der Waals surface area contributed by atoms with Crippen molar-refractivity contribution >= 4 is 108 Å². The van der Waals surface area contributed by atoms with E-state index >= 15 is 9.59 Å². The molecule has 2 aliphatic rings. The summed E-state index contributed by atoms with van der Waals surface area (Å²) in [6.07, 6.45) is -7.07. The summed E-state index contributed by atoms with van der Waals surface area (Å²) in [5.74, 6) is -16.8. The highest BCUT2D eigenvalue weighted by Gasteiger charge is 2.48. The predicted molar refractivity (Wildman–Crippen MR) is 392 cm³/mol. The van der Waals surface area contributed by atoms with Crippen LogP contribution in [0.4, 0.5) is 10.5 Å². The summed E-state index contributed by atoms with van der Waals surface area (Å²) >= 11 is 0. The number of anilines is 1. The van der Waals surface area contributed by atoms with Crippen LogP contribution in [0.1, 0.15) is 120 Å². The molecule has 0 radical (unpaired) electrons. The number of amides is 14. The number of benzene rings is 2. The molecular weight excluding hydrogens is 1460 g/mol. The third kappa shape index (κ3) is 27.0. The number of likely N-dealkylation sites (N-methyl/N-ethyl adjacent to an activating group) is 3. The van der Waals surface area contributed by atoms with Gasteiger partial charge in [0.1, 0.15) is 54.2 Å². The van der Waals surface area contributed by atoms with Crippen LogP contribution in [-0.4, -0.2) is 240 Å². The lowest BCUT2D eigenvalue weighted by molar-refractivity contribution is -0.174. The minimum Gasteiger partial charge on any atom is -0.458 e. The van der Waals surface area contributed by atoms with Crippen LogP contribution in [0, 0.1) is 17.8 Å². The Kier molecular flexibility index (Phi) is 35.5. The second-order valence-corrected chi connectivity index (χ2v) is 28.8. The number of esters is 3. The van der Waals surface area contributed by atoms with Gasteiger partial charge in [0.15, 0.2) is 24.2 Å². The first kappa shape index (κ1) is 91.9. The summed E-state index contributed by atoms with van der Waals surface area (Å²) in [6.45, 7) is 19.4. The van der Waals surface area contributed by atoms with Crippen LogP contribution >= 0.6 is 7.82 Å². The van der Waals surface area contributed by atoms with Crippen LogP contribution in [-0.2, 0) is 118 Å². The number of cyclic esters (lactones) is 2. The van der Waals surface area contributed by atoms with E-state index in [9.17, 15) is 76.6 Å². The van der Waals surface area contributed by atoms with E-state index in [1.807, 2.05) is 0 Å². The molecule has 0 saturated carbocycles. The average Bonchev–Trinajstić information content (AvgIpc) is 0.917. The van der Waals surface area contributed by atoms with Gasteiger partial charge < -0.3 is 86.8 Å². The van der Waals surface area contributed by atoms with Crippen LogP contribution in [0.15, 0.2) is 79.0 Å². The second kappa shape index (κ2) is 42.5. The van der Waals surface area contributed by atoms with E-state index in [-0.39, 0.29) is 56.4 Å². The van der Waals surface area contributed by atoms with Gasteiger partial charge in [-0.25, -0.2) is 23.7 Å². The lowest BCUT2D eigenvalue weighted by Gasteiger charge is -2.38. The van der Waals surface area contributed by atoms with Gasteiger partial charge in [0.05, 0.1) is 12.7 Å². The summed E-state index contributed by atoms with van der Waals surface area (Å²) in [7, 11) is -0.730. The molecule has 0 bridgehead atoms. The molecule has 1 unspecified atom stereocenters. The Morgan fingerprint density at radius 3 is 1.89 bits per heavy atom. The van der Waals surface area contributed by atoms with E-state index < -0.39 is 212 Å². The first-order valence-electron chi connectivity index (χ1n) is 35.5. The van der Waals surface area contributed by atoms with Gasteiger partial charge >= 0.3 is 31.8 Å². The molecule has 2 aromatic carbocycles. The van der Waals surface area contributed by atoms with Gasteiger partial charge in [-0.15, -0.1) is 0 Å². The first-order chi connectivity index (χ1) is 51.4. The van der Waals surface area contributed by atoms with Crippen LogP contribution in [0.25, 0.3) is 0 Å². The Labute approximate surface area is 637 Å². The number of hydrogen-bond acceptors (Lipinski definition) is 23. The summed E-state index contributed by atoms with van der Waals surface area (Å²) in [6, 6.07) is -0.369. The number of hydrogen-bond donors (Lipinski definition) is 10. The Morgan fingerprint density at radius 2 is 1.34 bits per heavy atom. The number of phosphoric acid groups is 1. The molecule has 0 spiro atoms. The molecule has 1 saturated heterocycles. The molecule has 2 aromatic rings. The summed E-state index contributed by atoms with van der Waals surface area (Å²) in [5, 5.41) is 20.1. The normalized spacial score (nSPS) is 21.7. The smallest absolute Gasteiger partial charge is 0.458 e. The van der Waals surface area contributed by atoms with E-state index in [2.05, 4.69) is 49.1 Å². The van der Waals surface area contributed by atoms with Crippen molar-refractivity contribution in [2.24, 2.45) is 23.5 Å². The Morgan fingerprint density at radius 1 is 0.727 bits per heavy atom. The lowest BCUT2D eigenvalue weighted by atomic mass is 9.95. The number of nitrogens with zero attached hydrogens (tertiary/aromatic N) is 4. The molecule has 606 valence electrons. The van der Waals surface area contributed by atoms with E-state index in [4.69, 9.17) is 33.7 Å². The zero-order chi connectivity index (χ0) is 82.9. The third-order valence-corrected chi connectivity index (χ3v) is 18.9. The van der Waals surface area contributed by atoms with Crippen molar-refractivity contribution < 1.29 is 114 Å². The van der Waals surface area contributed by atoms with Crippen molar-refractivity contribution in [3.05, 3.63) is 90.2 Å². The van der Waals surface area contributed by atoms with Crippen molar-refractivity contribution in [1.29, 1.82) is 0 Å². The third-order valence-electron chi connectivity index (χ3n) is 17.9. The van der Waals surface area contributed by atoms with Gasteiger partial charge in [-0.3, -0.25) is 71.5 Å². The molecule has 0 aromatic heterocycles. The van der Waals surface area contributed by atoms with Gasteiger partial charge in [0.25, 0.3) is 23.6 Å². The molecule has 37 nitrogen and oxygen atoms in total. The summed E-state index contributed by atoms with van der Waals surface area (Å²) in [4.78, 5) is 234. The highest BCUT2D eigenvalue weighted by atomic mass is 31.2. The summed E-state index contributed by atoms with van der Waals surface area (Å²) in [5.41, 5.74) is 5.51. The molecule has 2 heterocycles. The van der Waals surface area contributed by atoms with Crippen LogP contribution < -0.4 is 48.3 Å². The minimum atomic E-state index is -5.34. The number of urea groups is 1. The molecule has 4 rings (SSSR count). The topological polar surface area (TPSA) is 501 Å². The number of nitrogens with one attached hydrogen (secondary N) is 8. The number of phosphoric ester groups is 1. The minimum absolute atomic E-state index is 0.0110. The lowest BCUT2D eigenvalue weighted by Crippen LogP contribution is -2.64.